The second kappa shape index (κ2) is 9.29. The number of nitrogens with zero attached hydrogens (tertiary/aromatic N) is 1. The van der Waals surface area contributed by atoms with Crippen molar-refractivity contribution < 1.29 is 21.6 Å². The van der Waals surface area contributed by atoms with Gasteiger partial charge in [-0.05, 0) is 42.3 Å². The zero-order chi connectivity index (χ0) is 19.9. The highest BCUT2D eigenvalue weighted by molar-refractivity contribution is 7.92. The number of pyridine rings is 1. The van der Waals surface area contributed by atoms with Crippen molar-refractivity contribution in [3.8, 4) is 5.75 Å². The van der Waals surface area contributed by atoms with Gasteiger partial charge in [-0.1, -0.05) is 19.4 Å². The lowest BCUT2D eigenvalue weighted by Gasteiger charge is -2.19. The molecule has 1 aromatic carbocycles. The molecular weight excluding hydrogens is 388 g/mol. The van der Waals surface area contributed by atoms with E-state index in [1.807, 2.05) is 6.92 Å². The second-order valence-electron chi connectivity index (χ2n) is 6.02. The molecule has 2 rings (SSSR count). The standard InChI is InChI=1S/C18H24N2O5S2/c1-3-4-12-26(21,22)20-14-18(15-6-5-11-19-13-15)27(23,24)17-9-7-16(25-2)8-10-17/h5-11,13,18,20H,3-4,12,14H2,1-2H3/t18-/m0/s1. The van der Waals surface area contributed by atoms with E-state index in [9.17, 15) is 16.8 Å². The molecule has 1 heterocycles. The topological polar surface area (TPSA) is 102 Å². The molecule has 0 fully saturated rings. The van der Waals surface area contributed by atoms with Crippen LogP contribution in [0.4, 0.5) is 0 Å². The lowest BCUT2D eigenvalue weighted by Crippen LogP contribution is -2.33. The van der Waals surface area contributed by atoms with Crippen LogP contribution in [0.1, 0.15) is 30.6 Å². The van der Waals surface area contributed by atoms with Crippen molar-refractivity contribution in [2.45, 2.75) is 29.9 Å². The highest BCUT2D eigenvalue weighted by Crippen LogP contribution is 2.29. The second-order valence-corrected chi connectivity index (χ2v) is 10.1. The molecule has 0 amide bonds. The maximum atomic E-state index is 13.2. The number of hydrogen-bond donors (Lipinski definition) is 1. The molecule has 0 aliphatic carbocycles. The lowest BCUT2D eigenvalue weighted by molar-refractivity contribution is 0.414. The van der Waals surface area contributed by atoms with Gasteiger partial charge in [0, 0.05) is 18.9 Å². The fourth-order valence-electron chi connectivity index (χ4n) is 2.51. The highest BCUT2D eigenvalue weighted by atomic mass is 32.2. The van der Waals surface area contributed by atoms with E-state index < -0.39 is 25.1 Å². The molecule has 7 nitrogen and oxygen atoms in total. The van der Waals surface area contributed by atoms with Crippen LogP contribution in [0, 0.1) is 0 Å². The molecule has 27 heavy (non-hydrogen) atoms. The summed E-state index contributed by atoms with van der Waals surface area (Å²) in [5, 5.41) is -1.09. The molecule has 0 radical (unpaired) electrons. The third kappa shape index (κ3) is 5.75. The van der Waals surface area contributed by atoms with Crippen LogP contribution in [-0.4, -0.2) is 41.2 Å². The molecule has 148 valence electrons. The number of unbranched alkanes of at least 4 members (excludes halogenated alkanes) is 1. The predicted molar refractivity (Wildman–Crippen MR) is 104 cm³/mol. The quantitative estimate of drug-likeness (QED) is 0.642. The molecule has 0 spiro atoms. The van der Waals surface area contributed by atoms with Crippen molar-refractivity contribution in [1.82, 2.24) is 9.71 Å². The Bertz CT molecular complexity index is 927. The molecule has 1 N–H and O–H groups in total. The largest absolute Gasteiger partial charge is 0.497 e. The average Bonchev–Trinajstić information content (AvgIpc) is 2.67. The van der Waals surface area contributed by atoms with Gasteiger partial charge in [0.05, 0.1) is 17.8 Å². The first-order valence-electron chi connectivity index (χ1n) is 8.55. The fraction of sp³-hybridized carbons (Fsp3) is 0.389. The normalized spacial score (nSPS) is 13.3. The van der Waals surface area contributed by atoms with Crippen LogP contribution in [0.25, 0.3) is 0 Å². The molecule has 0 saturated carbocycles. The van der Waals surface area contributed by atoms with E-state index >= 15 is 0 Å². The van der Waals surface area contributed by atoms with E-state index in [2.05, 4.69) is 9.71 Å². The third-order valence-electron chi connectivity index (χ3n) is 4.07. The summed E-state index contributed by atoms with van der Waals surface area (Å²) in [6.45, 7) is 1.63. The number of rotatable bonds is 10. The minimum absolute atomic E-state index is 0.0359. The number of sulfonamides is 1. The Morgan fingerprint density at radius 1 is 1.11 bits per heavy atom. The van der Waals surface area contributed by atoms with Gasteiger partial charge >= 0.3 is 0 Å². The Morgan fingerprint density at radius 2 is 1.81 bits per heavy atom. The van der Waals surface area contributed by atoms with Crippen LogP contribution < -0.4 is 9.46 Å². The van der Waals surface area contributed by atoms with Gasteiger partial charge in [0.25, 0.3) is 0 Å². The molecular formula is C18H24N2O5S2. The summed E-state index contributed by atoms with van der Waals surface area (Å²) in [6.07, 6.45) is 4.22. The average molecular weight is 413 g/mol. The fourth-order valence-corrected chi connectivity index (χ4v) is 5.50. The van der Waals surface area contributed by atoms with Crippen LogP contribution in [0.3, 0.4) is 0 Å². The van der Waals surface area contributed by atoms with E-state index in [0.29, 0.717) is 17.7 Å². The summed E-state index contributed by atoms with van der Waals surface area (Å²) in [4.78, 5) is 4.06. The van der Waals surface area contributed by atoms with Crippen molar-refractivity contribution in [3.05, 3.63) is 54.4 Å². The zero-order valence-electron chi connectivity index (χ0n) is 15.3. The summed E-state index contributed by atoms with van der Waals surface area (Å²) in [7, 11) is -5.91. The molecule has 1 atom stereocenters. The van der Waals surface area contributed by atoms with Gasteiger partial charge in [0.2, 0.25) is 10.0 Å². The first-order valence-corrected chi connectivity index (χ1v) is 11.7. The van der Waals surface area contributed by atoms with Gasteiger partial charge in [0.1, 0.15) is 11.0 Å². The number of aromatic nitrogens is 1. The summed E-state index contributed by atoms with van der Waals surface area (Å²) >= 11 is 0. The molecule has 2 aromatic rings. The van der Waals surface area contributed by atoms with Gasteiger partial charge < -0.3 is 4.74 Å². The molecule has 0 unspecified atom stereocenters. The summed E-state index contributed by atoms with van der Waals surface area (Å²) in [6, 6.07) is 9.25. The van der Waals surface area contributed by atoms with Crippen molar-refractivity contribution >= 4 is 19.9 Å². The van der Waals surface area contributed by atoms with Crippen LogP contribution in [0.15, 0.2) is 53.7 Å². The Labute approximate surface area is 160 Å². The highest BCUT2D eigenvalue weighted by Gasteiger charge is 2.30. The Kier molecular flexibility index (Phi) is 7.34. The first kappa shape index (κ1) is 21.3. The van der Waals surface area contributed by atoms with Gasteiger partial charge in [0.15, 0.2) is 9.84 Å². The Morgan fingerprint density at radius 3 is 2.37 bits per heavy atom. The number of sulfone groups is 1. The summed E-state index contributed by atoms with van der Waals surface area (Å²) in [5.41, 5.74) is 0.423. The van der Waals surface area contributed by atoms with Gasteiger partial charge in [-0.15, -0.1) is 0 Å². The maximum Gasteiger partial charge on any atom is 0.211 e. The SMILES string of the molecule is CCCCS(=O)(=O)NC[C@@H](c1cccnc1)S(=O)(=O)c1ccc(OC)cc1. The smallest absolute Gasteiger partial charge is 0.211 e. The molecule has 9 heteroatoms. The van der Waals surface area contributed by atoms with Crippen molar-refractivity contribution in [2.75, 3.05) is 19.4 Å². The number of benzene rings is 1. The maximum absolute atomic E-state index is 13.2. The van der Waals surface area contributed by atoms with E-state index in [1.165, 1.54) is 31.6 Å². The van der Waals surface area contributed by atoms with Gasteiger partial charge in [-0.25, -0.2) is 21.6 Å². The Hall–Kier alpha value is -1.97. The van der Waals surface area contributed by atoms with Crippen LogP contribution in [0.2, 0.25) is 0 Å². The monoisotopic (exact) mass is 412 g/mol. The van der Waals surface area contributed by atoms with Gasteiger partial charge in [-0.2, -0.15) is 0 Å². The van der Waals surface area contributed by atoms with Crippen LogP contribution in [-0.2, 0) is 19.9 Å². The number of ether oxygens (including phenoxy) is 1. The molecule has 0 bridgehead atoms. The van der Waals surface area contributed by atoms with Crippen molar-refractivity contribution in [1.29, 1.82) is 0 Å². The van der Waals surface area contributed by atoms with Gasteiger partial charge in [-0.3, -0.25) is 4.98 Å². The molecule has 1 aromatic heterocycles. The number of hydrogen-bond acceptors (Lipinski definition) is 6. The van der Waals surface area contributed by atoms with Crippen molar-refractivity contribution in [2.24, 2.45) is 0 Å². The number of methoxy groups -OCH3 is 1. The molecule has 0 aliphatic rings. The van der Waals surface area contributed by atoms with Crippen molar-refractivity contribution in [3.63, 3.8) is 0 Å². The van der Waals surface area contributed by atoms with E-state index in [-0.39, 0.29) is 17.2 Å². The Balaban J connectivity index is 2.34. The summed E-state index contributed by atoms with van der Waals surface area (Å²) in [5.74, 6) is 0.499. The minimum Gasteiger partial charge on any atom is -0.497 e. The van der Waals surface area contributed by atoms with E-state index in [1.54, 1.807) is 24.3 Å². The minimum atomic E-state index is -3.84. The van der Waals surface area contributed by atoms with E-state index in [4.69, 9.17) is 4.74 Å². The predicted octanol–water partition coefficient (Wildman–Crippen LogP) is 2.32. The lowest BCUT2D eigenvalue weighted by atomic mass is 10.2. The zero-order valence-corrected chi connectivity index (χ0v) is 17.0. The molecule has 0 aliphatic heterocycles. The summed E-state index contributed by atoms with van der Waals surface area (Å²) < 4.78 is 58.1. The van der Waals surface area contributed by atoms with Crippen LogP contribution >= 0.6 is 0 Å². The van der Waals surface area contributed by atoms with E-state index in [0.717, 1.165) is 6.42 Å². The first-order chi connectivity index (χ1) is 12.8. The molecule has 0 saturated heterocycles. The number of nitrogens with one attached hydrogen (secondary N) is 1. The third-order valence-corrected chi connectivity index (χ3v) is 7.62. The van der Waals surface area contributed by atoms with Crippen LogP contribution in [0.5, 0.6) is 5.75 Å².